The number of amides is 2. The number of carbonyl (C=O) groups is 3. The molecule has 124 valence electrons. The summed E-state index contributed by atoms with van der Waals surface area (Å²) >= 11 is 3.21. The number of aliphatic hydroxyl groups excluding tert-OH is 1. The van der Waals surface area contributed by atoms with Crippen molar-refractivity contribution < 1.29 is 28.6 Å². The highest BCUT2D eigenvalue weighted by Gasteiger charge is 2.60. The number of hydrogen-bond acceptors (Lipinski definition) is 5. The molecule has 1 saturated heterocycles. The van der Waals surface area contributed by atoms with Gasteiger partial charge in [0.1, 0.15) is 6.10 Å². The number of benzene rings is 1. The number of alkyl halides is 1. The molecule has 2 amide bonds. The van der Waals surface area contributed by atoms with Crippen molar-refractivity contribution in [3.8, 4) is 0 Å². The Labute approximate surface area is 140 Å². The molecule has 1 aliphatic heterocycles. The molecule has 6 nitrogen and oxygen atoms in total. The molecule has 3 atom stereocenters. The molecule has 0 bridgehead atoms. The van der Waals surface area contributed by atoms with Crippen LogP contribution < -0.4 is 0 Å². The number of esters is 1. The molecule has 23 heavy (non-hydrogen) atoms. The zero-order chi connectivity index (χ0) is 17.4. The summed E-state index contributed by atoms with van der Waals surface area (Å²) in [6.45, 7) is 0. The van der Waals surface area contributed by atoms with Crippen molar-refractivity contribution in [1.29, 1.82) is 0 Å². The third-order valence-electron chi connectivity index (χ3n) is 3.97. The van der Waals surface area contributed by atoms with Gasteiger partial charge in [-0.2, -0.15) is 0 Å². The second-order valence-electron chi connectivity index (χ2n) is 5.26. The minimum absolute atomic E-state index is 0.0934. The molecule has 0 spiro atoms. The first-order valence-electron chi connectivity index (χ1n) is 6.74. The van der Waals surface area contributed by atoms with Crippen molar-refractivity contribution >= 4 is 33.7 Å². The fraction of sp³-hybridized carbons (Fsp3) is 0.400. The number of ether oxygens (including phenoxy) is 1. The van der Waals surface area contributed by atoms with Crippen LogP contribution in [0.1, 0.15) is 18.1 Å². The predicted octanol–water partition coefficient (Wildman–Crippen LogP) is 1.37. The molecule has 8 heteroatoms. The molecular weight excluding hydrogens is 373 g/mol. The van der Waals surface area contributed by atoms with Gasteiger partial charge in [-0.25, -0.2) is 9.18 Å². The number of halogens is 2. The van der Waals surface area contributed by atoms with Crippen molar-refractivity contribution in [3.63, 3.8) is 0 Å². The molecule has 1 fully saturated rings. The average Bonchev–Trinajstić information content (AvgIpc) is 2.81. The number of imide groups is 1. The number of likely N-dealkylation sites (tertiary alicyclic amines) is 1. The summed E-state index contributed by atoms with van der Waals surface area (Å²) in [6.07, 6.45) is -2.45. The van der Waals surface area contributed by atoms with Crippen molar-refractivity contribution in [1.82, 2.24) is 4.90 Å². The third kappa shape index (κ3) is 2.88. The van der Waals surface area contributed by atoms with Crippen LogP contribution in [0, 0.1) is 5.92 Å². The van der Waals surface area contributed by atoms with Crippen LogP contribution in [0.4, 0.5) is 4.39 Å². The molecule has 0 saturated carbocycles. The second kappa shape index (κ2) is 6.37. The largest absolute Gasteiger partial charge is 0.467 e. The molecule has 1 aliphatic rings. The number of rotatable bonds is 4. The lowest BCUT2D eigenvalue weighted by molar-refractivity contribution is -0.174. The Balaban J connectivity index is 2.47. The SMILES string of the molecule is COC(=O)[C@](F)(C1CC(=O)N(C)C1=O)[C@H](O)c1ccc(Br)cc1. The van der Waals surface area contributed by atoms with E-state index in [4.69, 9.17) is 0 Å². The third-order valence-corrected chi connectivity index (χ3v) is 4.50. The van der Waals surface area contributed by atoms with Crippen LogP contribution in [0.25, 0.3) is 0 Å². The first kappa shape index (κ1) is 17.6. The molecular formula is C15H15BrFNO5. The van der Waals surface area contributed by atoms with E-state index in [1.54, 1.807) is 12.1 Å². The zero-order valence-electron chi connectivity index (χ0n) is 12.5. The summed E-state index contributed by atoms with van der Waals surface area (Å²) in [5, 5.41) is 10.4. The van der Waals surface area contributed by atoms with Gasteiger partial charge in [-0.1, -0.05) is 28.1 Å². The Bertz CT molecular complexity index is 650. The van der Waals surface area contributed by atoms with Crippen LogP contribution in [0.5, 0.6) is 0 Å². The maximum absolute atomic E-state index is 15.5. The minimum atomic E-state index is -3.06. The van der Waals surface area contributed by atoms with Crippen molar-refractivity contribution in [2.45, 2.75) is 18.2 Å². The van der Waals surface area contributed by atoms with E-state index in [1.807, 2.05) is 0 Å². The fourth-order valence-corrected chi connectivity index (χ4v) is 2.84. The van der Waals surface area contributed by atoms with Gasteiger partial charge in [0, 0.05) is 17.9 Å². The van der Waals surface area contributed by atoms with E-state index in [-0.39, 0.29) is 5.56 Å². The standard InChI is InChI=1S/C15H15BrFNO5/c1-18-11(19)7-10(13(18)21)15(17,14(22)23-2)12(20)8-3-5-9(16)6-4-8/h3-6,10,12,20H,7H2,1-2H3/t10?,12-,15+/m1/s1. The normalized spacial score (nSPS) is 22.0. The van der Waals surface area contributed by atoms with Crippen LogP contribution in [0.15, 0.2) is 28.7 Å². The van der Waals surface area contributed by atoms with Crippen LogP contribution in [-0.2, 0) is 19.1 Å². The number of methoxy groups -OCH3 is 1. The highest BCUT2D eigenvalue weighted by molar-refractivity contribution is 9.10. The second-order valence-corrected chi connectivity index (χ2v) is 6.18. The molecule has 0 aliphatic carbocycles. The smallest absolute Gasteiger partial charge is 0.347 e. The summed E-state index contributed by atoms with van der Waals surface area (Å²) in [4.78, 5) is 36.5. The van der Waals surface area contributed by atoms with Gasteiger partial charge in [0.2, 0.25) is 17.5 Å². The monoisotopic (exact) mass is 387 g/mol. The van der Waals surface area contributed by atoms with E-state index in [9.17, 15) is 19.5 Å². The van der Waals surface area contributed by atoms with Gasteiger partial charge in [-0.15, -0.1) is 0 Å². The molecule has 1 aromatic rings. The molecule has 1 heterocycles. The summed E-state index contributed by atoms with van der Waals surface area (Å²) in [6, 6.07) is 5.95. The highest BCUT2D eigenvalue weighted by atomic mass is 79.9. The van der Waals surface area contributed by atoms with Gasteiger partial charge in [-0.05, 0) is 17.7 Å². The molecule has 1 unspecified atom stereocenters. The summed E-state index contributed by atoms with van der Waals surface area (Å²) in [5.74, 6) is -4.51. The van der Waals surface area contributed by atoms with E-state index in [1.165, 1.54) is 19.2 Å². The van der Waals surface area contributed by atoms with Crippen molar-refractivity contribution in [2.24, 2.45) is 5.92 Å². The Morgan fingerprint density at radius 2 is 2.00 bits per heavy atom. The maximum Gasteiger partial charge on any atom is 0.347 e. The van der Waals surface area contributed by atoms with Gasteiger partial charge in [0.25, 0.3) is 0 Å². The number of hydrogen-bond donors (Lipinski definition) is 1. The topological polar surface area (TPSA) is 83.9 Å². The Kier molecular flexibility index (Phi) is 4.86. The Morgan fingerprint density at radius 1 is 1.43 bits per heavy atom. The lowest BCUT2D eigenvalue weighted by atomic mass is 9.80. The Morgan fingerprint density at radius 3 is 2.43 bits per heavy atom. The van der Waals surface area contributed by atoms with E-state index < -0.39 is 41.9 Å². The first-order chi connectivity index (χ1) is 10.7. The summed E-state index contributed by atoms with van der Waals surface area (Å²) < 4.78 is 20.7. The van der Waals surface area contributed by atoms with Crippen molar-refractivity contribution in [3.05, 3.63) is 34.3 Å². The van der Waals surface area contributed by atoms with E-state index in [0.717, 1.165) is 12.0 Å². The number of aliphatic hydroxyl groups is 1. The quantitative estimate of drug-likeness (QED) is 0.622. The molecule has 0 radical (unpaired) electrons. The fourth-order valence-electron chi connectivity index (χ4n) is 2.57. The first-order valence-corrected chi connectivity index (χ1v) is 7.54. The van der Waals surface area contributed by atoms with Crippen LogP contribution in [0.2, 0.25) is 0 Å². The van der Waals surface area contributed by atoms with Crippen LogP contribution >= 0.6 is 15.9 Å². The average molecular weight is 388 g/mol. The number of carbonyl (C=O) groups excluding carboxylic acids is 3. The minimum Gasteiger partial charge on any atom is -0.467 e. The lowest BCUT2D eigenvalue weighted by Gasteiger charge is -2.31. The van der Waals surface area contributed by atoms with Gasteiger partial charge in [0.05, 0.1) is 13.0 Å². The van der Waals surface area contributed by atoms with E-state index >= 15 is 4.39 Å². The Hall–Kier alpha value is -1.80. The summed E-state index contributed by atoms with van der Waals surface area (Å²) in [7, 11) is 2.16. The molecule has 1 aromatic carbocycles. The van der Waals surface area contributed by atoms with Crippen LogP contribution in [0.3, 0.4) is 0 Å². The lowest BCUT2D eigenvalue weighted by Crippen LogP contribution is -2.50. The predicted molar refractivity (Wildman–Crippen MR) is 80.8 cm³/mol. The molecule has 1 N–H and O–H groups in total. The van der Waals surface area contributed by atoms with Crippen molar-refractivity contribution in [2.75, 3.05) is 14.2 Å². The van der Waals surface area contributed by atoms with Gasteiger partial charge in [-0.3, -0.25) is 14.5 Å². The van der Waals surface area contributed by atoms with Gasteiger partial charge in [0.15, 0.2) is 0 Å². The van der Waals surface area contributed by atoms with E-state index in [2.05, 4.69) is 20.7 Å². The van der Waals surface area contributed by atoms with Gasteiger partial charge >= 0.3 is 5.97 Å². The van der Waals surface area contributed by atoms with Gasteiger partial charge < -0.3 is 9.84 Å². The van der Waals surface area contributed by atoms with Crippen LogP contribution in [-0.4, -0.2) is 47.6 Å². The zero-order valence-corrected chi connectivity index (χ0v) is 14.0. The highest BCUT2D eigenvalue weighted by Crippen LogP contribution is 2.42. The molecule has 2 rings (SSSR count). The molecule has 0 aromatic heterocycles. The summed E-state index contributed by atoms with van der Waals surface area (Å²) in [5.41, 5.74) is -2.96. The number of nitrogens with zero attached hydrogens (tertiary/aromatic N) is 1. The van der Waals surface area contributed by atoms with E-state index in [0.29, 0.717) is 4.47 Å². The maximum atomic E-state index is 15.5.